The van der Waals surface area contributed by atoms with E-state index in [4.69, 9.17) is 14.0 Å². The maximum atomic E-state index is 5.73. The molecule has 0 unspecified atom stereocenters. The SMILES string of the molecule is c1csc(-c2ccc3c4c2COB4OCCO3)c1. The standard InChI is InChI=1S/C13H11BO3S/c1-2-12(18-7-1)9-3-4-11-13-10(9)8-17-14(13)16-6-5-15-11/h1-4,7H,5-6,8H2. The van der Waals surface area contributed by atoms with Gasteiger partial charge in [0, 0.05) is 10.3 Å². The number of hydrogen-bond donors (Lipinski definition) is 0. The van der Waals surface area contributed by atoms with Crippen LogP contribution in [0.25, 0.3) is 10.4 Å². The van der Waals surface area contributed by atoms with Crippen LogP contribution in [0.4, 0.5) is 0 Å². The van der Waals surface area contributed by atoms with Gasteiger partial charge in [-0.2, -0.15) is 0 Å². The van der Waals surface area contributed by atoms with Crippen LogP contribution >= 0.6 is 11.3 Å². The van der Waals surface area contributed by atoms with E-state index in [-0.39, 0.29) is 7.12 Å². The molecule has 0 saturated carbocycles. The molecule has 0 spiro atoms. The Balaban J connectivity index is 1.92. The summed E-state index contributed by atoms with van der Waals surface area (Å²) < 4.78 is 17.1. The molecule has 1 aromatic carbocycles. The Bertz CT molecular complexity index is 582. The van der Waals surface area contributed by atoms with E-state index in [1.165, 1.54) is 16.0 Å². The fourth-order valence-electron chi connectivity index (χ4n) is 2.53. The highest BCUT2D eigenvalue weighted by Gasteiger charge is 2.37. The van der Waals surface area contributed by atoms with Gasteiger partial charge in [-0.1, -0.05) is 6.07 Å². The predicted octanol–water partition coefficient (Wildman–Crippen LogP) is 2.05. The highest BCUT2D eigenvalue weighted by atomic mass is 32.1. The Morgan fingerprint density at radius 2 is 2.11 bits per heavy atom. The highest BCUT2D eigenvalue weighted by Crippen LogP contribution is 2.33. The van der Waals surface area contributed by atoms with Gasteiger partial charge in [0.2, 0.25) is 0 Å². The first-order valence-corrected chi connectivity index (χ1v) is 6.87. The van der Waals surface area contributed by atoms with Crippen LogP contribution in [0, 0.1) is 0 Å². The summed E-state index contributed by atoms with van der Waals surface area (Å²) in [7, 11) is -0.252. The molecular weight excluding hydrogens is 247 g/mol. The van der Waals surface area contributed by atoms with Crippen molar-refractivity contribution in [3.63, 3.8) is 0 Å². The van der Waals surface area contributed by atoms with Gasteiger partial charge in [0.05, 0.1) is 13.2 Å². The minimum atomic E-state index is -0.252. The monoisotopic (exact) mass is 258 g/mol. The van der Waals surface area contributed by atoms with Gasteiger partial charge < -0.3 is 14.0 Å². The molecule has 2 aliphatic rings. The van der Waals surface area contributed by atoms with Crippen molar-refractivity contribution in [1.82, 2.24) is 0 Å². The van der Waals surface area contributed by atoms with E-state index in [2.05, 4.69) is 23.6 Å². The van der Waals surface area contributed by atoms with Gasteiger partial charge in [0.1, 0.15) is 12.4 Å². The zero-order valence-electron chi connectivity index (χ0n) is 9.72. The van der Waals surface area contributed by atoms with Crippen LogP contribution in [-0.2, 0) is 15.9 Å². The zero-order valence-corrected chi connectivity index (χ0v) is 10.5. The first kappa shape index (κ1) is 10.6. The summed E-state index contributed by atoms with van der Waals surface area (Å²) in [6, 6.07) is 8.36. The molecule has 3 nitrogen and oxygen atoms in total. The predicted molar refractivity (Wildman–Crippen MR) is 71.4 cm³/mol. The van der Waals surface area contributed by atoms with E-state index in [0.717, 1.165) is 11.2 Å². The molecule has 0 bridgehead atoms. The molecular formula is C13H11BO3S. The number of rotatable bonds is 1. The first-order chi connectivity index (χ1) is 8.93. The molecule has 3 heterocycles. The van der Waals surface area contributed by atoms with Crippen LogP contribution in [0.15, 0.2) is 29.6 Å². The average molecular weight is 258 g/mol. The first-order valence-electron chi connectivity index (χ1n) is 5.99. The van der Waals surface area contributed by atoms with Crippen LogP contribution < -0.4 is 10.2 Å². The summed E-state index contributed by atoms with van der Waals surface area (Å²) >= 11 is 1.74. The number of hydrogen-bond acceptors (Lipinski definition) is 4. The van der Waals surface area contributed by atoms with Crippen LogP contribution in [0.2, 0.25) is 0 Å². The molecule has 4 rings (SSSR count). The maximum Gasteiger partial charge on any atom is 0.498 e. The van der Waals surface area contributed by atoms with Gasteiger partial charge in [-0.25, -0.2) is 0 Å². The highest BCUT2D eigenvalue weighted by molar-refractivity contribution is 7.13. The lowest BCUT2D eigenvalue weighted by molar-refractivity contribution is 0.180. The lowest BCUT2D eigenvalue weighted by atomic mass is 9.77. The lowest BCUT2D eigenvalue weighted by Crippen LogP contribution is -2.31. The van der Waals surface area contributed by atoms with Crippen molar-refractivity contribution in [3.8, 4) is 16.2 Å². The second-order valence-corrected chi connectivity index (χ2v) is 5.29. The Morgan fingerprint density at radius 1 is 1.11 bits per heavy atom. The zero-order chi connectivity index (χ0) is 11.9. The molecule has 0 saturated heterocycles. The minimum Gasteiger partial charge on any atom is -0.492 e. The van der Waals surface area contributed by atoms with Crippen molar-refractivity contribution in [3.05, 3.63) is 35.2 Å². The Labute approximate surface area is 109 Å². The fraction of sp³-hybridized carbons (Fsp3) is 0.231. The van der Waals surface area contributed by atoms with Crippen LogP contribution in [0.5, 0.6) is 5.75 Å². The molecule has 0 N–H and O–H groups in total. The van der Waals surface area contributed by atoms with Crippen molar-refractivity contribution in [2.24, 2.45) is 0 Å². The van der Waals surface area contributed by atoms with Crippen LogP contribution in [0.3, 0.4) is 0 Å². The van der Waals surface area contributed by atoms with E-state index in [0.29, 0.717) is 19.8 Å². The Kier molecular flexibility index (Phi) is 2.43. The Hall–Kier alpha value is -1.30. The quantitative estimate of drug-likeness (QED) is 0.733. The molecule has 5 heteroatoms. The maximum absolute atomic E-state index is 5.73. The van der Waals surface area contributed by atoms with E-state index in [1.54, 1.807) is 11.3 Å². The summed E-state index contributed by atoms with van der Waals surface area (Å²) in [5.74, 6) is 0.908. The molecule has 0 aliphatic carbocycles. The molecule has 18 heavy (non-hydrogen) atoms. The fourth-order valence-corrected chi connectivity index (χ4v) is 3.31. The third-order valence-electron chi connectivity index (χ3n) is 3.33. The largest absolute Gasteiger partial charge is 0.498 e. The molecule has 0 fully saturated rings. The van der Waals surface area contributed by atoms with Gasteiger partial charge in [0.15, 0.2) is 0 Å². The molecule has 0 radical (unpaired) electrons. The van der Waals surface area contributed by atoms with Gasteiger partial charge in [0.25, 0.3) is 0 Å². The second-order valence-electron chi connectivity index (χ2n) is 4.34. The van der Waals surface area contributed by atoms with Crippen molar-refractivity contribution in [2.75, 3.05) is 13.2 Å². The lowest BCUT2D eigenvalue weighted by Gasteiger charge is -2.10. The summed E-state index contributed by atoms with van der Waals surface area (Å²) in [5.41, 5.74) is 3.53. The summed E-state index contributed by atoms with van der Waals surface area (Å²) in [4.78, 5) is 1.27. The van der Waals surface area contributed by atoms with Gasteiger partial charge in [-0.05, 0) is 34.7 Å². The molecule has 0 atom stereocenters. The minimum absolute atomic E-state index is 0.252. The van der Waals surface area contributed by atoms with Gasteiger partial charge in [-0.15, -0.1) is 11.3 Å². The molecule has 2 aliphatic heterocycles. The number of ether oxygens (including phenoxy) is 1. The summed E-state index contributed by atoms with van der Waals surface area (Å²) in [6.07, 6.45) is 0. The third kappa shape index (κ3) is 1.51. The molecule has 0 amide bonds. The van der Waals surface area contributed by atoms with Crippen LogP contribution in [0.1, 0.15) is 5.56 Å². The van der Waals surface area contributed by atoms with E-state index < -0.39 is 0 Å². The second kappa shape index (κ2) is 4.12. The molecule has 1 aromatic heterocycles. The summed E-state index contributed by atoms with van der Waals surface area (Å²) in [6.45, 7) is 1.77. The van der Waals surface area contributed by atoms with E-state index in [1.807, 2.05) is 6.07 Å². The number of thiophene rings is 1. The van der Waals surface area contributed by atoms with E-state index >= 15 is 0 Å². The Morgan fingerprint density at radius 3 is 3.00 bits per heavy atom. The van der Waals surface area contributed by atoms with Crippen molar-refractivity contribution in [2.45, 2.75) is 6.61 Å². The smallest absolute Gasteiger partial charge is 0.492 e. The van der Waals surface area contributed by atoms with Crippen molar-refractivity contribution >= 4 is 23.9 Å². The van der Waals surface area contributed by atoms with E-state index in [9.17, 15) is 0 Å². The van der Waals surface area contributed by atoms with Crippen molar-refractivity contribution < 1.29 is 14.0 Å². The van der Waals surface area contributed by atoms with Gasteiger partial charge in [-0.3, -0.25) is 0 Å². The third-order valence-corrected chi connectivity index (χ3v) is 4.23. The van der Waals surface area contributed by atoms with Gasteiger partial charge >= 0.3 is 7.12 Å². The average Bonchev–Trinajstić information content (AvgIpc) is 3.00. The normalized spacial score (nSPS) is 17.2. The topological polar surface area (TPSA) is 27.7 Å². The van der Waals surface area contributed by atoms with Crippen LogP contribution in [-0.4, -0.2) is 20.3 Å². The molecule has 2 aromatic rings. The summed E-state index contributed by atoms with van der Waals surface area (Å²) in [5, 5.41) is 2.09. The van der Waals surface area contributed by atoms with Crippen molar-refractivity contribution in [1.29, 1.82) is 0 Å². The molecule has 90 valence electrons. The number of benzene rings is 1.